The summed E-state index contributed by atoms with van der Waals surface area (Å²) < 4.78 is 118. The van der Waals surface area contributed by atoms with E-state index in [1.807, 2.05) is 0 Å². The van der Waals surface area contributed by atoms with E-state index in [4.69, 9.17) is 0 Å². The maximum atomic E-state index is 14.5. The van der Waals surface area contributed by atoms with Crippen molar-refractivity contribution >= 4 is 0 Å². The fourth-order valence-electron chi connectivity index (χ4n) is 1.40. The maximum Gasteiger partial charge on any atom is 0.386 e. The largest absolute Gasteiger partial charge is 0.386 e. The van der Waals surface area contributed by atoms with E-state index < -0.39 is 47.1 Å². The molecule has 25 heavy (non-hydrogen) atoms. The molecule has 2 unspecified atom stereocenters. The molecule has 0 radical (unpaired) electrons. The summed E-state index contributed by atoms with van der Waals surface area (Å²) in [5.41, 5.74) is -3.56. The molecule has 0 saturated carbocycles. The standard InChI is InChI=1S/C14H18F8O3/c1-11(2,3)23-13(21,7(15)9(17)18)25-14(22,8(16)10(19)20)24-12(4,5)6/h1-6H3. The van der Waals surface area contributed by atoms with Crippen molar-refractivity contribution in [2.24, 2.45) is 0 Å². The van der Waals surface area contributed by atoms with Crippen LogP contribution in [-0.4, -0.2) is 23.3 Å². The molecule has 0 aromatic heterocycles. The maximum absolute atomic E-state index is 14.5. The van der Waals surface area contributed by atoms with E-state index in [-0.39, 0.29) is 0 Å². The second kappa shape index (κ2) is 7.58. The first-order valence-electron chi connectivity index (χ1n) is 6.74. The normalized spacial score (nSPS) is 17.5. The molecule has 0 amide bonds. The molecule has 11 heteroatoms. The Labute approximate surface area is 139 Å². The van der Waals surface area contributed by atoms with E-state index in [9.17, 15) is 35.1 Å². The lowest BCUT2D eigenvalue weighted by atomic mass is 10.2. The number of alkyl halides is 2. The molecule has 0 N–H and O–H groups in total. The topological polar surface area (TPSA) is 27.7 Å². The van der Waals surface area contributed by atoms with Gasteiger partial charge in [-0.25, -0.2) is 0 Å². The smallest absolute Gasteiger partial charge is 0.312 e. The van der Waals surface area contributed by atoms with Gasteiger partial charge in [-0.1, -0.05) is 0 Å². The molecule has 0 bridgehead atoms. The third-order valence-corrected chi connectivity index (χ3v) is 1.99. The average molecular weight is 386 g/mol. The Balaban J connectivity index is 6.27. The third kappa shape index (κ3) is 7.28. The summed E-state index contributed by atoms with van der Waals surface area (Å²) in [6.07, 6.45) is -6.68. The molecular weight excluding hydrogens is 368 g/mol. The molecule has 2 atom stereocenters. The third-order valence-electron chi connectivity index (χ3n) is 1.99. The fraction of sp³-hybridized carbons (Fsp3) is 0.714. The molecule has 0 aromatic carbocycles. The van der Waals surface area contributed by atoms with Gasteiger partial charge in [0.15, 0.2) is 0 Å². The fourth-order valence-corrected chi connectivity index (χ4v) is 1.40. The SMILES string of the molecule is CC(C)(C)OC(F)(OC(F)(OC(C)(C)C)C(F)=C(F)F)C(F)=C(F)F. The zero-order chi connectivity index (χ0) is 20.4. The lowest BCUT2D eigenvalue weighted by Crippen LogP contribution is -2.50. The lowest BCUT2D eigenvalue weighted by molar-refractivity contribution is -0.452. The predicted octanol–water partition coefficient (Wildman–Crippen LogP) is 6.04. The van der Waals surface area contributed by atoms with Crippen LogP contribution in [0.2, 0.25) is 0 Å². The second-order valence-corrected chi connectivity index (χ2v) is 6.75. The van der Waals surface area contributed by atoms with Crippen LogP contribution in [0.5, 0.6) is 0 Å². The van der Waals surface area contributed by atoms with Gasteiger partial charge in [0, 0.05) is 0 Å². The Morgan fingerprint density at radius 3 is 0.920 bits per heavy atom. The summed E-state index contributed by atoms with van der Waals surface area (Å²) in [5, 5.41) is 0. The van der Waals surface area contributed by atoms with E-state index in [0.29, 0.717) is 0 Å². The van der Waals surface area contributed by atoms with Gasteiger partial charge in [0.25, 0.3) is 11.7 Å². The minimum atomic E-state index is -4.76. The van der Waals surface area contributed by atoms with Crippen LogP contribution in [0.15, 0.2) is 23.8 Å². The van der Waals surface area contributed by atoms with E-state index in [2.05, 4.69) is 14.2 Å². The summed E-state index contributed by atoms with van der Waals surface area (Å²) in [6.45, 7) is 6.17. The Hall–Kier alpha value is -1.20. The minimum Gasteiger partial charge on any atom is -0.312 e. The number of hydrogen-bond acceptors (Lipinski definition) is 3. The Morgan fingerprint density at radius 2 is 0.760 bits per heavy atom. The first-order chi connectivity index (χ1) is 10.8. The minimum absolute atomic E-state index is 1.03. The van der Waals surface area contributed by atoms with Gasteiger partial charge in [0.2, 0.25) is 0 Å². The van der Waals surface area contributed by atoms with Crippen molar-refractivity contribution in [2.75, 3.05) is 0 Å². The van der Waals surface area contributed by atoms with Crippen LogP contribution < -0.4 is 0 Å². The van der Waals surface area contributed by atoms with Crippen molar-refractivity contribution in [3.8, 4) is 0 Å². The molecule has 0 fully saturated rings. The molecule has 0 heterocycles. The molecule has 3 nitrogen and oxygen atoms in total. The summed E-state index contributed by atoms with van der Waals surface area (Å²) in [5.74, 6) is -6.18. The van der Waals surface area contributed by atoms with Crippen LogP contribution in [0.3, 0.4) is 0 Å². The molecule has 0 saturated heterocycles. The highest BCUT2D eigenvalue weighted by atomic mass is 19.3. The molecule has 0 rings (SSSR count). The van der Waals surface area contributed by atoms with Crippen LogP contribution >= 0.6 is 0 Å². The highest BCUT2D eigenvalue weighted by Crippen LogP contribution is 2.43. The van der Waals surface area contributed by atoms with Crippen LogP contribution in [0.4, 0.5) is 35.1 Å². The van der Waals surface area contributed by atoms with Crippen LogP contribution in [0.1, 0.15) is 41.5 Å². The molecule has 0 aliphatic rings. The van der Waals surface area contributed by atoms with Gasteiger partial charge < -0.3 is 9.47 Å². The summed E-state index contributed by atoms with van der Waals surface area (Å²) in [6, 6.07) is -9.52. The van der Waals surface area contributed by atoms with E-state index >= 15 is 0 Å². The lowest BCUT2D eigenvalue weighted by Gasteiger charge is -2.37. The quantitative estimate of drug-likeness (QED) is 0.412. The van der Waals surface area contributed by atoms with E-state index in [1.165, 1.54) is 0 Å². The van der Waals surface area contributed by atoms with Crippen molar-refractivity contribution in [3.05, 3.63) is 23.8 Å². The van der Waals surface area contributed by atoms with Gasteiger partial charge in [-0.2, -0.15) is 35.1 Å². The Bertz CT molecular complexity index is 493. The van der Waals surface area contributed by atoms with E-state index in [0.717, 1.165) is 41.5 Å². The van der Waals surface area contributed by atoms with Gasteiger partial charge in [-0.05, 0) is 41.5 Å². The Morgan fingerprint density at radius 1 is 0.520 bits per heavy atom. The molecule has 0 aliphatic heterocycles. The van der Waals surface area contributed by atoms with Crippen LogP contribution in [0, 0.1) is 0 Å². The highest BCUT2D eigenvalue weighted by molar-refractivity contribution is 5.07. The van der Waals surface area contributed by atoms with Gasteiger partial charge in [0.1, 0.15) is 0 Å². The number of rotatable bonds is 6. The molecule has 148 valence electrons. The molecule has 0 aromatic rings. The van der Waals surface area contributed by atoms with Crippen molar-refractivity contribution in [2.45, 2.75) is 64.8 Å². The van der Waals surface area contributed by atoms with Crippen LogP contribution in [0.25, 0.3) is 0 Å². The molecule has 0 spiro atoms. The average Bonchev–Trinajstić information content (AvgIpc) is 2.31. The number of ether oxygens (including phenoxy) is 3. The van der Waals surface area contributed by atoms with E-state index in [1.54, 1.807) is 0 Å². The van der Waals surface area contributed by atoms with Crippen molar-refractivity contribution < 1.29 is 49.3 Å². The molecular formula is C14H18F8O3. The predicted molar refractivity (Wildman–Crippen MR) is 71.1 cm³/mol. The van der Waals surface area contributed by atoms with Crippen molar-refractivity contribution in [1.82, 2.24) is 0 Å². The first kappa shape index (κ1) is 23.8. The van der Waals surface area contributed by atoms with Crippen molar-refractivity contribution in [1.29, 1.82) is 0 Å². The zero-order valence-electron chi connectivity index (χ0n) is 14.2. The Kier molecular flexibility index (Phi) is 7.22. The van der Waals surface area contributed by atoms with Gasteiger partial charge in [0.05, 0.1) is 11.2 Å². The van der Waals surface area contributed by atoms with Gasteiger partial charge in [-0.15, -0.1) is 0 Å². The summed E-state index contributed by atoms with van der Waals surface area (Å²) >= 11 is 0. The van der Waals surface area contributed by atoms with Crippen molar-refractivity contribution in [3.63, 3.8) is 0 Å². The van der Waals surface area contributed by atoms with Gasteiger partial charge >= 0.3 is 24.2 Å². The number of halogens is 8. The second-order valence-electron chi connectivity index (χ2n) is 6.75. The number of hydrogen-bond donors (Lipinski definition) is 0. The summed E-state index contributed by atoms with van der Waals surface area (Å²) in [4.78, 5) is 0. The van der Waals surface area contributed by atoms with Gasteiger partial charge in [-0.3, -0.25) is 4.74 Å². The van der Waals surface area contributed by atoms with Crippen LogP contribution in [-0.2, 0) is 14.2 Å². The monoisotopic (exact) mass is 386 g/mol. The zero-order valence-corrected chi connectivity index (χ0v) is 14.2. The highest BCUT2D eigenvalue weighted by Gasteiger charge is 2.57. The summed E-state index contributed by atoms with van der Waals surface area (Å²) in [7, 11) is 0. The molecule has 0 aliphatic carbocycles. The first-order valence-corrected chi connectivity index (χ1v) is 6.74.